The molecule has 0 amide bonds. The van der Waals surface area contributed by atoms with Crippen LogP contribution in [0.1, 0.15) is 6.92 Å². The van der Waals surface area contributed by atoms with Gasteiger partial charge in [-0.25, -0.2) is 9.97 Å². The zero-order valence-electron chi connectivity index (χ0n) is 10.9. The maximum atomic E-state index is 10.8. The quantitative estimate of drug-likeness (QED) is 0.541. The number of nitrogens with two attached hydrogens (primary N) is 1. The molecule has 0 aliphatic rings. The van der Waals surface area contributed by atoms with Crippen LogP contribution in [0.2, 0.25) is 0 Å². The molecule has 2 aromatic rings. The van der Waals surface area contributed by atoms with Crippen molar-refractivity contribution in [2.75, 3.05) is 11.9 Å². The Morgan fingerprint density at radius 2 is 2.25 bits per heavy atom. The predicted molar refractivity (Wildman–Crippen MR) is 74.3 cm³/mol. The molecule has 2 rings (SSSR count). The highest BCUT2D eigenvalue weighted by Gasteiger charge is 2.13. The van der Waals surface area contributed by atoms with Gasteiger partial charge in [0.25, 0.3) is 5.69 Å². The number of anilines is 1. The fourth-order valence-electron chi connectivity index (χ4n) is 1.68. The molecule has 8 nitrogen and oxygen atoms in total. The molecular weight excluding hydrogens is 262 g/mol. The van der Waals surface area contributed by atoms with Gasteiger partial charge >= 0.3 is 0 Å². The summed E-state index contributed by atoms with van der Waals surface area (Å²) in [6.45, 7) is 1.89. The number of aromatic nitrogens is 2. The van der Waals surface area contributed by atoms with Crippen LogP contribution in [0.4, 0.5) is 11.5 Å². The van der Waals surface area contributed by atoms with Crippen molar-refractivity contribution in [3.63, 3.8) is 0 Å². The fraction of sp³-hybridized carbons (Fsp3) is 0.333. The second-order valence-corrected chi connectivity index (χ2v) is 4.47. The fourth-order valence-corrected chi connectivity index (χ4v) is 1.68. The SMILES string of the molecule is CC(O)C(N)CNc1ncnc2ccc([N+](=O)[O-])cc12. The third-order valence-electron chi connectivity index (χ3n) is 2.95. The van der Waals surface area contributed by atoms with Gasteiger partial charge in [0.1, 0.15) is 12.1 Å². The van der Waals surface area contributed by atoms with Crippen molar-refractivity contribution < 1.29 is 10.0 Å². The highest BCUT2D eigenvalue weighted by atomic mass is 16.6. The Balaban J connectivity index is 2.32. The molecule has 0 radical (unpaired) electrons. The molecule has 1 aromatic carbocycles. The van der Waals surface area contributed by atoms with E-state index in [-0.39, 0.29) is 5.69 Å². The number of nitro groups is 1. The summed E-state index contributed by atoms with van der Waals surface area (Å²) in [5, 5.41) is 23.7. The number of nitro benzene ring substituents is 1. The number of hydrogen-bond acceptors (Lipinski definition) is 7. The maximum Gasteiger partial charge on any atom is 0.270 e. The van der Waals surface area contributed by atoms with E-state index in [2.05, 4.69) is 15.3 Å². The molecule has 0 spiro atoms. The number of benzene rings is 1. The highest BCUT2D eigenvalue weighted by Crippen LogP contribution is 2.24. The maximum absolute atomic E-state index is 10.8. The summed E-state index contributed by atoms with van der Waals surface area (Å²) >= 11 is 0. The Morgan fingerprint density at radius 1 is 1.50 bits per heavy atom. The van der Waals surface area contributed by atoms with Crippen LogP contribution in [0.3, 0.4) is 0 Å². The van der Waals surface area contributed by atoms with Crippen molar-refractivity contribution in [2.24, 2.45) is 5.73 Å². The van der Waals surface area contributed by atoms with Crippen LogP contribution < -0.4 is 11.1 Å². The third kappa shape index (κ3) is 2.98. The molecule has 0 aliphatic carbocycles. The average Bonchev–Trinajstić information content (AvgIpc) is 2.43. The van der Waals surface area contributed by atoms with Gasteiger partial charge in [-0.1, -0.05) is 0 Å². The molecule has 1 aromatic heterocycles. The van der Waals surface area contributed by atoms with E-state index < -0.39 is 17.1 Å². The summed E-state index contributed by atoms with van der Waals surface area (Å²) < 4.78 is 0. The monoisotopic (exact) mass is 277 g/mol. The van der Waals surface area contributed by atoms with Crippen LogP contribution in [-0.4, -0.2) is 38.7 Å². The molecule has 0 fully saturated rings. The first-order valence-corrected chi connectivity index (χ1v) is 6.05. The Hall–Kier alpha value is -2.32. The minimum atomic E-state index is -0.662. The molecule has 0 bridgehead atoms. The van der Waals surface area contributed by atoms with Crippen LogP contribution in [0.5, 0.6) is 0 Å². The summed E-state index contributed by atoms with van der Waals surface area (Å²) in [6.07, 6.45) is 0.703. The Morgan fingerprint density at radius 3 is 2.90 bits per heavy atom. The number of nitrogens with zero attached hydrogens (tertiary/aromatic N) is 3. The molecule has 0 aliphatic heterocycles. The average molecular weight is 277 g/mol. The number of hydrogen-bond donors (Lipinski definition) is 3. The lowest BCUT2D eigenvalue weighted by molar-refractivity contribution is -0.384. The van der Waals surface area contributed by atoms with E-state index in [0.29, 0.717) is 23.3 Å². The first-order valence-electron chi connectivity index (χ1n) is 6.05. The molecule has 20 heavy (non-hydrogen) atoms. The molecule has 1 heterocycles. The number of fused-ring (bicyclic) bond motifs is 1. The minimum absolute atomic E-state index is 0.0322. The van der Waals surface area contributed by atoms with Crippen molar-refractivity contribution in [3.05, 3.63) is 34.6 Å². The summed E-state index contributed by atoms with van der Waals surface area (Å²) in [7, 11) is 0. The van der Waals surface area contributed by atoms with Gasteiger partial charge in [0.15, 0.2) is 0 Å². The van der Waals surface area contributed by atoms with Crippen molar-refractivity contribution >= 4 is 22.4 Å². The second kappa shape index (κ2) is 5.76. The molecular formula is C12H15N5O3. The summed E-state index contributed by atoms with van der Waals surface area (Å²) in [5.41, 5.74) is 6.29. The van der Waals surface area contributed by atoms with Gasteiger partial charge in [-0.05, 0) is 13.0 Å². The number of aliphatic hydroxyl groups excluding tert-OH is 1. The summed E-state index contributed by atoms with van der Waals surface area (Å²) in [4.78, 5) is 18.4. The molecule has 0 saturated heterocycles. The Kier molecular flexibility index (Phi) is 4.06. The molecule has 106 valence electrons. The van der Waals surface area contributed by atoms with E-state index in [9.17, 15) is 15.2 Å². The van der Waals surface area contributed by atoms with E-state index in [1.807, 2.05) is 0 Å². The summed E-state index contributed by atoms with van der Waals surface area (Å²) in [5.74, 6) is 0.454. The third-order valence-corrected chi connectivity index (χ3v) is 2.95. The zero-order valence-corrected chi connectivity index (χ0v) is 10.9. The molecule has 4 N–H and O–H groups in total. The lowest BCUT2D eigenvalue weighted by atomic mass is 10.2. The normalized spacial score (nSPS) is 13.9. The van der Waals surface area contributed by atoms with Crippen LogP contribution >= 0.6 is 0 Å². The largest absolute Gasteiger partial charge is 0.392 e. The first-order chi connectivity index (χ1) is 9.49. The number of nitrogens with one attached hydrogen (secondary N) is 1. The van der Waals surface area contributed by atoms with Crippen LogP contribution in [-0.2, 0) is 0 Å². The van der Waals surface area contributed by atoms with E-state index in [1.54, 1.807) is 13.0 Å². The van der Waals surface area contributed by atoms with Crippen molar-refractivity contribution in [3.8, 4) is 0 Å². The highest BCUT2D eigenvalue weighted by molar-refractivity contribution is 5.90. The first kappa shape index (κ1) is 14.1. The van der Waals surface area contributed by atoms with Gasteiger partial charge < -0.3 is 16.2 Å². The number of non-ortho nitro benzene ring substituents is 1. The van der Waals surface area contributed by atoms with Gasteiger partial charge in [0.2, 0.25) is 0 Å². The topological polar surface area (TPSA) is 127 Å². The summed E-state index contributed by atoms with van der Waals surface area (Å²) in [6, 6.07) is 3.90. The smallest absolute Gasteiger partial charge is 0.270 e. The van der Waals surface area contributed by atoms with Crippen LogP contribution in [0, 0.1) is 10.1 Å². The van der Waals surface area contributed by atoms with E-state index >= 15 is 0 Å². The minimum Gasteiger partial charge on any atom is -0.392 e. The second-order valence-electron chi connectivity index (χ2n) is 4.47. The van der Waals surface area contributed by atoms with Crippen molar-refractivity contribution in [1.29, 1.82) is 0 Å². The van der Waals surface area contributed by atoms with E-state index in [0.717, 1.165) is 0 Å². The lowest BCUT2D eigenvalue weighted by Gasteiger charge is -2.16. The van der Waals surface area contributed by atoms with E-state index in [4.69, 9.17) is 5.73 Å². The van der Waals surface area contributed by atoms with Crippen molar-refractivity contribution in [2.45, 2.75) is 19.1 Å². The van der Waals surface area contributed by atoms with Gasteiger partial charge in [0, 0.05) is 30.1 Å². The van der Waals surface area contributed by atoms with Gasteiger partial charge in [-0.3, -0.25) is 10.1 Å². The van der Waals surface area contributed by atoms with Gasteiger partial charge in [-0.2, -0.15) is 0 Å². The van der Waals surface area contributed by atoms with Gasteiger partial charge in [0.05, 0.1) is 16.5 Å². The molecule has 2 unspecified atom stereocenters. The van der Waals surface area contributed by atoms with Crippen LogP contribution in [0.25, 0.3) is 10.9 Å². The zero-order chi connectivity index (χ0) is 14.7. The number of rotatable bonds is 5. The van der Waals surface area contributed by atoms with E-state index in [1.165, 1.54) is 18.5 Å². The Bertz CT molecular complexity index is 632. The molecule has 0 saturated carbocycles. The van der Waals surface area contributed by atoms with Crippen molar-refractivity contribution in [1.82, 2.24) is 9.97 Å². The Labute approximate surface area is 114 Å². The van der Waals surface area contributed by atoms with Crippen LogP contribution in [0.15, 0.2) is 24.5 Å². The standard InChI is InChI=1S/C12H15N5O3/c1-7(18)10(13)5-14-12-9-4-8(17(19)20)2-3-11(9)15-6-16-12/h2-4,6-7,10,18H,5,13H2,1H3,(H,14,15,16). The molecule has 2 atom stereocenters. The predicted octanol–water partition coefficient (Wildman–Crippen LogP) is 0.658. The lowest BCUT2D eigenvalue weighted by Crippen LogP contribution is -2.38. The van der Waals surface area contributed by atoms with Gasteiger partial charge in [-0.15, -0.1) is 0 Å². The molecule has 8 heteroatoms. The number of aliphatic hydroxyl groups is 1.